The highest BCUT2D eigenvalue weighted by atomic mass is 16.5. The molecule has 0 aromatic rings. The molecule has 0 aromatic carbocycles. The van der Waals surface area contributed by atoms with E-state index in [0.29, 0.717) is 12.1 Å². The number of ether oxygens (including phenoxy) is 1. The van der Waals surface area contributed by atoms with Gasteiger partial charge in [0.15, 0.2) is 0 Å². The smallest absolute Gasteiger partial charge is 0.238 e. The minimum atomic E-state index is -0.101. The van der Waals surface area contributed by atoms with Crippen LogP contribution in [0.4, 0.5) is 0 Å². The van der Waals surface area contributed by atoms with Crippen LogP contribution in [-0.4, -0.2) is 50.2 Å². The quantitative estimate of drug-likeness (QED) is 0.781. The number of amides is 1. The van der Waals surface area contributed by atoms with Gasteiger partial charge in [-0.25, -0.2) is 0 Å². The summed E-state index contributed by atoms with van der Waals surface area (Å²) in [4.78, 5) is 13.3. The number of hydrogen-bond acceptors (Lipinski definition) is 3. The molecule has 4 nitrogen and oxygen atoms in total. The molecule has 1 amide bonds. The molecule has 0 heterocycles. The Labute approximate surface area is 98.3 Å². The second-order valence-corrected chi connectivity index (χ2v) is 4.84. The number of carbonyl (C=O) groups excluding carboxylic acids is 1. The van der Waals surface area contributed by atoms with Gasteiger partial charge in [-0.2, -0.15) is 0 Å². The lowest BCUT2D eigenvalue weighted by Gasteiger charge is -2.31. The second-order valence-electron chi connectivity index (χ2n) is 4.84. The third-order valence-electron chi connectivity index (χ3n) is 3.26. The van der Waals surface area contributed by atoms with Crippen molar-refractivity contribution in [3.05, 3.63) is 0 Å². The van der Waals surface area contributed by atoms with Crippen LogP contribution in [0.1, 0.15) is 32.6 Å². The first kappa shape index (κ1) is 13.5. The molecule has 0 aromatic heterocycles. The number of rotatable bonds is 4. The maximum absolute atomic E-state index is 11.7. The Hall–Kier alpha value is -0.610. The molecule has 1 aliphatic carbocycles. The Bertz CT molecular complexity index is 231. The number of nitrogens with one attached hydrogen (secondary N) is 1. The highest BCUT2D eigenvalue weighted by Gasteiger charge is 2.25. The normalized spacial score (nSPS) is 27.5. The van der Waals surface area contributed by atoms with E-state index in [4.69, 9.17) is 4.74 Å². The van der Waals surface area contributed by atoms with Crippen molar-refractivity contribution < 1.29 is 9.53 Å². The minimum Gasteiger partial charge on any atom is -0.381 e. The molecule has 4 heteroatoms. The van der Waals surface area contributed by atoms with Crippen molar-refractivity contribution >= 4 is 5.91 Å². The first-order valence-electron chi connectivity index (χ1n) is 6.04. The summed E-state index contributed by atoms with van der Waals surface area (Å²) >= 11 is 0. The largest absolute Gasteiger partial charge is 0.381 e. The molecular formula is C12H24N2O2. The molecule has 3 unspecified atom stereocenters. The molecule has 0 radical (unpaired) electrons. The molecule has 1 N–H and O–H groups in total. The van der Waals surface area contributed by atoms with E-state index >= 15 is 0 Å². The van der Waals surface area contributed by atoms with E-state index in [1.54, 1.807) is 26.1 Å². The van der Waals surface area contributed by atoms with Gasteiger partial charge in [0.1, 0.15) is 0 Å². The Kier molecular flexibility index (Phi) is 5.22. The van der Waals surface area contributed by atoms with E-state index in [1.807, 2.05) is 6.92 Å². The van der Waals surface area contributed by atoms with Crippen molar-refractivity contribution in [3.63, 3.8) is 0 Å². The molecule has 16 heavy (non-hydrogen) atoms. The monoisotopic (exact) mass is 228 g/mol. The molecule has 1 saturated carbocycles. The summed E-state index contributed by atoms with van der Waals surface area (Å²) in [6.45, 7) is 1.93. The fourth-order valence-corrected chi connectivity index (χ4v) is 2.32. The van der Waals surface area contributed by atoms with Gasteiger partial charge >= 0.3 is 0 Å². The lowest BCUT2D eigenvalue weighted by Crippen LogP contribution is -2.48. The van der Waals surface area contributed by atoms with Crippen LogP contribution in [0, 0.1) is 0 Å². The van der Waals surface area contributed by atoms with Crippen LogP contribution in [-0.2, 0) is 9.53 Å². The molecular weight excluding hydrogens is 204 g/mol. The Balaban J connectivity index is 2.38. The zero-order valence-corrected chi connectivity index (χ0v) is 10.8. The molecule has 1 rings (SSSR count). The average molecular weight is 228 g/mol. The molecule has 0 bridgehead atoms. The van der Waals surface area contributed by atoms with Gasteiger partial charge in [0.25, 0.3) is 0 Å². The molecule has 0 spiro atoms. The third-order valence-corrected chi connectivity index (χ3v) is 3.26. The van der Waals surface area contributed by atoms with Crippen molar-refractivity contribution in [2.45, 2.75) is 50.8 Å². The summed E-state index contributed by atoms with van der Waals surface area (Å²) in [5.74, 6) is 0.138. The lowest BCUT2D eigenvalue weighted by molar-refractivity contribution is -0.130. The van der Waals surface area contributed by atoms with Crippen LogP contribution < -0.4 is 5.32 Å². The highest BCUT2D eigenvalue weighted by molar-refractivity contribution is 5.80. The second kappa shape index (κ2) is 6.21. The van der Waals surface area contributed by atoms with Gasteiger partial charge in [-0.15, -0.1) is 0 Å². The van der Waals surface area contributed by atoms with Crippen LogP contribution in [0.25, 0.3) is 0 Å². The van der Waals surface area contributed by atoms with Gasteiger partial charge in [-0.1, -0.05) is 0 Å². The fourth-order valence-electron chi connectivity index (χ4n) is 2.32. The van der Waals surface area contributed by atoms with Crippen molar-refractivity contribution in [1.29, 1.82) is 0 Å². The molecule has 94 valence electrons. The Morgan fingerprint density at radius 2 is 2.12 bits per heavy atom. The van der Waals surface area contributed by atoms with E-state index in [-0.39, 0.29) is 11.9 Å². The van der Waals surface area contributed by atoms with E-state index < -0.39 is 0 Å². The summed E-state index contributed by atoms with van der Waals surface area (Å²) < 4.78 is 5.38. The molecule has 0 saturated heterocycles. The van der Waals surface area contributed by atoms with Crippen LogP contribution in [0.15, 0.2) is 0 Å². The van der Waals surface area contributed by atoms with Crippen molar-refractivity contribution in [2.75, 3.05) is 21.2 Å². The highest BCUT2D eigenvalue weighted by Crippen LogP contribution is 2.21. The maximum Gasteiger partial charge on any atom is 0.238 e. The van der Waals surface area contributed by atoms with Gasteiger partial charge in [0.05, 0.1) is 12.1 Å². The molecule has 3 atom stereocenters. The van der Waals surface area contributed by atoms with Gasteiger partial charge in [-0.3, -0.25) is 4.79 Å². The first-order valence-corrected chi connectivity index (χ1v) is 6.04. The number of likely N-dealkylation sites (N-methyl/N-ethyl adjacent to an activating group) is 1. The Morgan fingerprint density at radius 3 is 2.69 bits per heavy atom. The van der Waals surface area contributed by atoms with Crippen LogP contribution >= 0.6 is 0 Å². The average Bonchev–Trinajstić information content (AvgIpc) is 2.28. The van der Waals surface area contributed by atoms with Crippen molar-refractivity contribution in [3.8, 4) is 0 Å². The van der Waals surface area contributed by atoms with Crippen molar-refractivity contribution in [2.24, 2.45) is 0 Å². The van der Waals surface area contributed by atoms with Crippen LogP contribution in [0.2, 0.25) is 0 Å². The van der Waals surface area contributed by atoms with Gasteiger partial charge in [0.2, 0.25) is 5.91 Å². The number of methoxy groups -OCH3 is 1. The first-order chi connectivity index (χ1) is 7.54. The van der Waals surface area contributed by atoms with E-state index in [2.05, 4.69) is 5.32 Å². The van der Waals surface area contributed by atoms with E-state index in [0.717, 1.165) is 19.3 Å². The summed E-state index contributed by atoms with van der Waals surface area (Å²) in [6, 6.07) is 0.313. The zero-order chi connectivity index (χ0) is 12.1. The summed E-state index contributed by atoms with van der Waals surface area (Å²) in [6.07, 6.45) is 4.84. The van der Waals surface area contributed by atoms with E-state index in [9.17, 15) is 4.79 Å². The Morgan fingerprint density at radius 1 is 1.44 bits per heavy atom. The molecule has 1 fully saturated rings. The molecule has 0 aliphatic heterocycles. The predicted molar refractivity (Wildman–Crippen MR) is 64.3 cm³/mol. The van der Waals surface area contributed by atoms with Gasteiger partial charge < -0.3 is 15.0 Å². The number of carbonyl (C=O) groups is 1. The van der Waals surface area contributed by atoms with E-state index in [1.165, 1.54) is 6.42 Å². The zero-order valence-electron chi connectivity index (χ0n) is 10.8. The summed E-state index contributed by atoms with van der Waals surface area (Å²) in [5.41, 5.74) is 0. The SMILES string of the molecule is COC1CCCC(NC(C)C(=O)N(C)C)C1. The van der Waals surface area contributed by atoms with Gasteiger partial charge in [0, 0.05) is 27.2 Å². The van der Waals surface area contributed by atoms with Crippen LogP contribution in [0.3, 0.4) is 0 Å². The van der Waals surface area contributed by atoms with Gasteiger partial charge in [-0.05, 0) is 32.6 Å². The van der Waals surface area contributed by atoms with Crippen LogP contribution in [0.5, 0.6) is 0 Å². The third kappa shape index (κ3) is 3.76. The topological polar surface area (TPSA) is 41.6 Å². The number of hydrogen-bond donors (Lipinski definition) is 1. The molecule has 1 aliphatic rings. The summed E-state index contributed by atoms with van der Waals surface area (Å²) in [7, 11) is 5.35. The summed E-state index contributed by atoms with van der Waals surface area (Å²) in [5, 5.41) is 3.39. The standard InChI is InChI=1S/C12H24N2O2/c1-9(12(15)14(2)3)13-10-6-5-7-11(8-10)16-4/h9-11,13H,5-8H2,1-4H3. The minimum absolute atomic E-state index is 0.101. The fraction of sp³-hybridized carbons (Fsp3) is 0.917. The van der Waals surface area contributed by atoms with Crippen molar-refractivity contribution in [1.82, 2.24) is 10.2 Å². The number of nitrogens with zero attached hydrogens (tertiary/aromatic N) is 1. The predicted octanol–water partition coefficient (Wildman–Crippen LogP) is 1.01. The lowest BCUT2D eigenvalue weighted by atomic mass is 9.92. The maximum atomic E-state index is 11.7.